The molecule has 0 saturated heterocycles. The Hall–Kier alpha value is -0.250. The van der Waals surface area contributed by atoms with Crippen molar-refractivity contribution in [1.29, 1.82) is 0 Å². The second kappa shape index (κ2) is 6.07. The molecule has 0 N–H and O–H groups in total. The molecular weight excluding hydrogens is 303 g/mol. The molecule has 4 heteroatoms. The Bertz CT molecular complexity index is 355. The summed E-state index contributed by atoms with van der Waals surface area (Å²) in [5.74, 6) is 0.851. The molecule has 3 atom stereocenters. The molecule has 0 bridgehead atoms. The van der Waals surface area contributed by atoms with Gasteiger partial charge in [-0.1, -0.05) is 34.5 Å². The maximum Gasteiger partial charge on any atom is 0.127 e. The summed E-state index contributed by atoms with van der Waals surface area (Å²) in [5, 5.41) is 0.725. The standard InChI is InChI=1S/C13H16BrClO2/c1-2-7-16-13-11(14)8-12(13)17-10-5-3-9(15)4-6-10/h3-6,11-13H,2,7-8H2,1H3. The van der Waals surface area contributed by atoms with Crippen molar-refractivity contribution < 1.29 is 9.47 Å². The lowest BCUT2D eigenvalue weighted by molar-refractivity contribution is -0.0762. The molecule has 0 aromatic heterocycles. The lowest BCUT2D eigenvalue weighted by Crippen LogP contribution is -2.52. The van der Waals surface area contributed by atoms with Gasteiger partial charge in [-0.15, -0.1) is 0 Å². The average Bonchev–Trinajstić information content (AvgIpc) is 2.31. The lowest BCUT2D eigenvalue weighted by Gasteiger charge is -2.40. The highest BCUT2D eigenvalue weighted by molar-refractivity contribution is 9.09. The van der Waals surface area contributed by atoms with Crippen LogP contribution in [0.25, 0.3) is 0 Å². The van der Waals surface area contributed by atoms with Crippen LogP contribution in [-0.2, 0) is 4.74 Å². The minimum Gasteiger partial charge on any atom is -0.488 e. The number of hydrogen-bond acceptors (Lipinski definition) is 2. The first-order valence-corrected chi connectivity index (χ1v) is 7.18. The molecule has 1 aromatic carbocycles. The van der Waals surface area contributed by atoms with Gasteiger partial charge in [-0.25, -0.2) is 0 Å². The summed E-state index contributed by atoms with van der Waals surface area (Å²) in [5.41, 5.74) is 0. The molecule has 94 valence electrons. The SMILES string of the molecule is CCCOC1C(Br)CC1Oc1ccc(Cl)cc1. The average molecular weight is 320 g/mol. The smallest absolute Gasteiger partial charge is 0.127 e. The van der Waals surface area contributed by atoms with Crippen molar-refractivity contribution in [1.82, 2.24) is 0 Å². The normalized spacial score (nSPS) is 27.6. The zero-order valence-corrected chi connectivity index (χ0v) is 12.1. The Kier molecular flexibility index (Phi) is 4.71. The van der Waals surface area contributed by atoms with E-state index in [0.717, 1.165) is 30.2 Å². The predicted molar refractivity (Wildman–Crippen MR) is 73.2 cm³/mol. The Balaban J connectivity index is 1.88. The van der Waals surface area contributed by atoms with Crippen LogP contribution in [0.3, 0.4) is 0 Å². The van der Waals surface area contributed by atoms with Crippen molar-refractivity contribution in [3.05, 3.63) is 29.3 Å². The number of rotatable bonds is 5. The molecular formula is C13H16BrClO2. The molecule has 3 unspecified atom stereocenters. The maximum atomic E-state index is 5.87. The van der Waals surface area contributed by atoms with Gasteiger partial charge in [-0.2, -0.15) is 0 Å². The molecule has 0 aliphatic heterocycles. The van der Waals surface area contributed by atoms with Gasteiger partial charge in [0.25, 0.3) is 0 Å². The monoisotopic (exact) mass is 318 g/mol. The van der Waals surface area contributed by atoms with Gasteiger partial charge in [0.2, 0.25) is 0 Å². The number of alkyl halides is 1. The zero-order valence-electron chi connectivity index (χ0n) is 9.74. The summed E-state index contributed by atoms with van der Waals surface area (Å²) in [6.07, 6.45) is 2.32. The largest absolute Gasteiger partial charge is 0.488 e. The summed E-state index contributed by atoms with van der Waals surface area (Å²) in [6, 6.07) is 7.45. The van der Waals surface area contributed by atoms with E-state index in [4.69, 9.17) is 21.1 Å². The fourth-order valence-electron chi connectivity index (χ4n) is 1.80. The van der Waals surface area contributed by atoms with Crippen LogP contribution >= 0.6 is 27.5 Å². The zero-order chi connectivity index (χ0) is 12.3. The summed E-state index contributed by atoms with van der Waals surface area (Å²) >= 11 is 9.42. The van der Waals surface area contributed by atoms with E-state index in [0.29, 0.717) is 4.83 Å². The molecule has 0 amide bonds. The lowest BCUT2D eigenvalue weighted by atomic mass is 9.91. The van der Waals surface area contributed by atoms with Crippen molar-refractivity contribution in [3.63, 3.8) is 0 Å². The summed E-state index contributed by atoms with van der Waals surface area (Å²) in [7, 11) is 0. The van der Waals surface area contributed by atoms with Gasteiger partial charge < -0.3 is 9.47 Å². The van der Waals surface area contributed by atoms with Crippen molar-refractivity contribution in [3.8, 4) is 5.75 Å². The topological polar surface area (TPSA) is 18.5 Å². The van der Waals surface area contributed by atoms with Crippen molar-refractivity contribution in [2.45, 2.75) is 36.8 Å². The van der Waals surface area contributed by atoms with Crippen molar-refractivity contribution in [2.75, 3.05) is 6.61 Å². The van der Waals surface area contributed by atoms with Crippen LogP contribution in [0.4, 0.5) is 0 Å². The van der Waals surface area contributed by atoms with E-state index in [-0.39, 0.29) is 12.2 Å². The second-order valence-corrected chi connectivity index (χ2v) is 5.81. The van der Waals surface area contributed by atoms with Gasteiger partial charge in [0.05, 0.1) is 0 Å². The Morgan fingerprint density at radius 2 is 2.06 bits per heavy atom. The Labute approximate surface area is 115 Å². The first kappa shape index (κ1) is 13.2. The first-order valence-electron chi connectivity index (χ1n) is 5.88. The second-order valence-electron chi connectivity index (χ2n) is 4.20. The van der Waals surface area contributed by atoms with E-state index in [9.17, 15) is 0 Å². The van der Waals surface area contributed by atoms with Crippen LogP contribution in [0, 0.1) is 0 Å². The van der Waals surface area contributed by atoms with Crippen LogP contribution < -0.4 is 4.74 Å². The van der Waals surface area contributed by atoms with E-state index in [1.165, 1.54) is 0 Å². The third-order valence-corrected chi connectivity index (χ3v) is 3.94. The van der Waals surface area contributed by atoms with E-state index < -0.39 is 0 Å². The maximum absolute atomic E-state index is 5.87. The van der Waals surface area contributed by atoms with Crippen LogP contribution in [0.5, 0.6) is 5.75 Å². The van der Waals surface area contributed by atoms with Gasteiger partial charge >= 0.3 is 0 Å². The molecule has 17 heavy (non-hydrogen) atoms. The van der Waals surface area contributed by atoms with E-state index >= 15 is 0 Å². The third kappa shape index (κ3) is 3.36. The molecule has 2 nitrogen and oxygen atoms in total. The molecule has 1 aliphatic rings. The van der Waals surface area contributed by atoms with Crippen LogP contribution in [0.1, 0.15) is 19.8 Å². The summed E-state index contributed by atoms with van der Waals surface area (Å²) < 4.78 is 11.6. The quantitative estimate of drug-likeness (QED) is 0.762. The van der Waals surface area contributed by atoms with Crippen LogP contribution in [0.15, 0.2) is 24.3 Å². The molecule has 0 heterocycles. The van der Waals surface area contributed by atoms with Gasteiger partial charge in [-0.3, -0.25) is 0 Å². The molecule has 1 aliphatic carbocycles. The van der Waals surface area contributed by atoms with E-state index in [1.807, 2.05) is 24.3 Å². The highest BCUT2D eigenvalue weighted by atomic mass is 79.9. The van der Waals surface area contributed by atoms with Gasteiger partial charge in [0.1, 0.15) is 18.0 Å². The number of ether oxygens (including phenoxy) is 2. The van der Waals surface area contributed by atoms with Gasteiger partial charge in [0.15, 0.2) is 0 Å². The van der Waals surface area contributed by atoms with Crippen molar-refractivity contribution >= 4 is 27.5 Å². The van der Waals surface area contributed by atoms with Gasteiger partial charge in [-0.05, 0) is 30.7 Å². The van der Waals surface area contributed by atoms with Crippen LogP contribution in [-0.4, -0.2) is 23.6 Å². The minimum atomic E-state index is 0.145. The molecule has 1 aromatic rings. The Morgan fingerprint density at radius 1 is 1.35 bits per heavy atom. The first-order chi connectivity index (χ1) is 8.20. The molecule has 0 radical (unpaired) electrons. The fourth-order valence-corrected chi connectivity index (χ4v) is 2.78. The van der Waals surface area contributed by atoms with Gasteiger partial charge in [0, 0.05) is 22.9 Å². The Morgan fingerprint density at radius 3 is 2.65 bits per heavy atom. The number of benzene rings is 1. The molecule has 2 rings (SSSR count). The van der Waals surface area contributed by atoms with E-state index in [1.54, 1.807) is 0 Å². The number of halogens is 2. The molecule has 1 fully saturated rings. The fraction of sp³-hybridized carbons (Fsp3) is 0.538. The highest BCUT2D eigenvalue weighted by Crippen LogP contribution is 2.34. The summed E-state index contributed by atoms with van der Waals surface area (Å²) in [6.45, 7) is 2.89. The van der Waals surface area contributed by atoms with Crippen LogP contribution in [0.2, 0.25) is 5.02 Å². The summed E-state index contributed by atoms with van der Waals surface area (Å²) in [4.78, 5) is 0.409. The third-order valence-electron chi connectivity index (χ3n) is 2.80. The molecule has 1 saturated carbocycles. The minimum absolute atomic E-state index is 0.145. The van der Waals surface area contributed by atoms with E-state index in [2.05, 4.69) is 22.9 Å². The highest BCUT2D eigenvalue weighted by Gasteiger charge is 2.42. The number of hydrogen-bond donors (Lipinski definition) is 0. The molecule has 0 spiro atoms. The van der Waals surface area contributed by atoms with Crippen molar-refractivity contribution in [2.24, 2.45) is 0 Å². The predicted octanol–water partition coefficient (Wildman–Crippen LogP) is 4.05.